The molecule has 0 aromatic heterocycles. The monoisotopic (exact) mass is 277 g/mol. The Labute approximate surface area is 117 Å². The molecule has 2 nitrogen and oxygen atoms in total. The van der Waals surface area contributed by atoms with Crippen LogP contribution >= 0.6 is 0 Å². The Morgan fingerprint density at radius 3 is 2.55 bits per heavy atom. The standard InChI is InChI=1S/C16H17F2NO/c1-11(2)20-14-5-3-4-12(8-14)10-19-13-6-7-15(17)16(18)9-13/h3-9,11,19H,10H2,1-2H3. The van der Waals surface area contributed by atoms with E-state index in [2.05, 4.69) is 5.32 Å². The molecule has 0 unspecified atom stereocenters. The lowest BCUT2D eigenvalue weighted by Crippen LogP contribution is -2.06. The lowest BCUT2D eigenvalue weighted by Gasteiger charge is -2.12. The van der Waals surface area contributed by atoms with Gasteiger partial charge >= 0.3 is 0 Å². The summed E-state index contributed by atoms with van der Waals surface area (Å²) in [6.07, 6.45) is 0.115. The Balaban J connectivity index is 2.01. The van der Waals surface area contributed by atoms with Crippen LogP contribution in [-0.4, -0.2) is 6.10 Å². The Bertz CT molecular complexity index is 584. The van der Waals surface area contributed by atoms with Crippen LogP contribution in [0.1, 0.15) is 19.4 Å². The summed E-state index contributed by atoms with van der Waals surface area (Å²) >= 11 is 0. The lowest BCUT2D eigenvalue weighted by atomic mass is 10.2. The molecule has 0 spiro atoms. The zero-order valence-electron chi connectivity index (χ0n) is 11.5. The number of benzene rings is 2. The molecule has 0 aliphatic rings. The molecule has 0 fully saturated rings. The van der Waals surface area contributed by atoms with Crippen molar-refractivity contribution in [2.75, 3.05) is 5.32 Å². The van der Waals surface area contributed by atoms with E-state index in [0.29, 0.717) is 12.2 Å². The highest BCUT2D eigenvalue weighted by molar-refractivity contribution is 5.44. The van der Waals surface area contributed by atoms with Gasteiger partial charge in [-0.1, -0.05) is 12.1 Å². The Morgan fingerprint density at radius 1 is 1.05 bits per heavy atom. The van der Waals surface area contributed by atoms with Crippen LogP contribution in [0, 0.1) is 11.6 Å². The average Bonchev–Trinajstić information content (AvgIpc) is 2.40. The van der Waals surface area contributed by atoms with Crippen molar-refractivity contribution < 1.29 is 13.5 Å². The maximum absolute atomic E-state index is 13.1. The molecule has 0 radical (unpaired) electrons. The summed E-state index contributed by atoms with van der Waals surface area (Å²) in [4.78, 5) is 0. The van der Waals surface area contributed by atoms with Crippen LogP contribution in [0.25, 0.3) is 0 Å². The van der Waals surface area contributed by atoms with Gasteiger partial charge in [-0.05, 0) is 43.7 Å². The zero-order valence-corrected chi connectivity index (χ0v) is 11.5. The zero-order chi connectivity index (χ0) is 14.5. The number of halogens is 2. The van der Waals surface area contributed by atoms with Crippen LogP contribution in [0.5, 0.6) is 5.75 Å². The summed E-state index contributed by atoms with van der Waals surface area (Å²) in [6, 6.07) is 11.4. The van der Waals surface area contributed by atoms with Gasteiger partial charge in [0.05, 0.1) is 6.10 Å². The maximum atomic E-state index is 13.1. The van der Waals surface area contributed by atoms with Crippen molar-refractivity contribution in [1.82, 2.24) is 0 Å². The van der Waals surface area contributed by atoms with Gasteiger partial charge in [0.15, 0.2) is 11.6 Å². The second-order valence-corrected chi connectivity index (χ2v) is 4.80. The van der Waals surface area contributed by atoms with Gasteiger partial charge in [0.1, 0.15) is 5.75 Å². The molecule has 2 aromatic rings. The van der Waals surface area contributed by atoms with Crippen LogP contribution in [0.4, 0.5) is 14.5 Å². The van der Waals surface area contributed by atoms with E-state index in [9.17, 15) is 8.78 Å². The van der Waals surface area contributed by atoms with E-state index in [4.69, 9.17) is 4.74 Å². The highest BCUT2D eigenvalue weighted by Crippen LogP contribution is 2.17. The molecule has 0 atom stereocenters. The second-order valence-electron chi connectivity index (χ2n) is 4.80. The predicted octanol–water partition coefficient (Wildman–Crippen LogP) is 4.36. The van der Waals surface area contributed by atoms with Crippen LogP contribution < -0.4 is 10.1 Å². The van der Waals surface area contributed by atoms with Gasteiger partial charge in [-0.25, -0.2) is 8.78 Å². The van der Waals surface area contributed by atoms with Gasteiger partial charge in [0.25, 0.3) is 0 Å². The van der Waals surface area contributed by atoms with Crippen molar-refractivity contribution in [3.05, 3.63) is 59.7 Å². The summed E-state index contributed by atoms with van der Waals surface area (Å²) in [7, 11) is 0. The molecule has 106 valence electrons. The highest BCUT2D eigenvalue weighted by Gasteiger charge is 2.03. The predicted molar refractivity (Wildman–Crippen MR) is 75.9 cm³/mol. The Kier molecular flexibility index (Phi) is 4.56. The summed E-state index contributed by atoms with van der Waals surface area (Å²) < 4.78 is 31.5. The molecule has 0 bridgehead atoms. The first-order chi connectivity index (χ1) is 9.54. The second kappa shape index (κ2) is 6.37. The van der Waals surface area contributed by atoms with Gasteiger partial charge < -0.3 is 10.1 Å². The fraction of sp³-hybridized carbons (Fsp3) is 0.250. The first-order valence-corrected chi connectivity index (χ1v) is 6.49. The lowest BCUT2D eigenvalue weighted by molar-refractivity contribution is 0.242. The molecule has 4 heteroatoms. The molecule has 2 rings (SSSR count). The molecule has 0 saturated carbocycles. The fourth-order valence-electron chi connectivity index (χ4n) is 1.81. The molecule has 0 aliphatic heterocycles. The van der Waals surface area contributed by atoms with E-state index in [-0.39, 0.29) is 6.10 Å². The molecule has 20 heavy (non-hydrogen) atoms. The van der Waals surface area contributed by atoms with Crippen molar-refractivity contribution in [2.45, 2.75) is 26.5 Å². The topological polar surface area (TPSA) is 21.3 Å². The van der Waals surface area contributed by atoms with E-state index in [0.717, 1.165) is 23.4 Å². The summed E-state index contributed by atoms with van der Waals surface area (Å²) in [5.74, 6) is -0.903. The molecule has 0 aliphatic carbocycles. The maximum Gasteiger partial charge on any atom is 0.160 e. The number of nitrogens with one attached hydrogen (secondary N) is 1. The van der Waals surface area contributed by atoms with Gasteiger partial charge in [0.2, 0.25) is 0 Å². The molecule has 0 amide bonds. The summed E-state index contributed by atoms with van der Waals surface area (Å²) in [5, 5.41) is 3.05. The fourth-order valence-corrected chi connectivity index (χ4v) is 1.81. The van der Waals surface area contributed by atoms with Crippen LogP contribution in [0.15, 0.2) is 42.5 Å². The van der Waals surface area contributed by atoms with Crippen LogP contribution in [-0.2, 0) is 6.54 Å². The van der Waals surface area contributed by atoms with Crippen LogP contribution in [0.2, 0.25) is 0 Å². The van der Waals surface area contributed by atoms with Crippen molar-refractivity contribution in [1.29, 1.82) is 0 Å². The third-order valence-corrected chi connectivity index (χ3v) is 2.69. The Hall–Kier alpha value is -2.10. The minimum Gasteiger partial charge on any atom is -0.491 e. The van der Waals surface area contributed by atoms with Crippen molar-refractivity contribution in [3.63, 3.8) is 0 Å². The molecular weight excluding hydrogens is 260 g/mol. The molecule has 2 aromatic carbocycles. The average molecular weight is 277 g/mol. The quantitative estimate of drug-likeness (QED) is 0.876. The Morgan fingerprint density at radius 2 is 1.85 bits per heavy atom. The largest absolute Gasteiger partial charge is 0.491 e. The number of hydrogen-bond donors (Lipinski definition) is 1. The number of hydrogen-bond acceptors (Lipinski definition) is 2. The van der Waals surface area contributed by atoms with Gasteiger partial charge in [-0.15, -0.1) is 0 Å². The van der Waals surface area contributed by atoms with Gasteiger partial charge in [-0.2, -0.15) is 0 Å². The smallest absolute Gasteiger partial charge is 0.160 e. The summed E-state index contributed by atoms with van der Waals surface area (Å²) in [5.41, 5.74) is 1.55. The minimum absolute atomic E-state index is 0.115. The van der Waals surface area contributed by atoms with Crippen molar-refractivity contribution in [3.8, 4) is 5.75 Å². The molecule has 0 heterocycles. The minimum atomic E-state index is -0.855. The first-order valence-electron chi connectivity index (χ1n) is 6.49. The van der Waals surface area contributed by atoms with Gasteiger partial charge in [0, 0.05) is 18.3 Å². The molecule has 0 saturated heterocycles. The third-order valence-electron chi connectivity index (χ3n) is 2.69. The van der Waals surface area contributed by atoms with E-state index in [1.54, 1.807) is 0 Å². The van der Waals surface area contributed by atoms with E-state index in [1.165, 1.54) is 6.07 Å². The third kappa shape index (κ3) is 3.95. The van der Waals surface area contributed by atoms with Crippen LogP contribution in [0.3, 0.4) is 0 Å². The number of anilines is 1. The van der Waals surface area contributed by atoms with Gasteiger partial charge in [-0.3, -0.25) is 0 Å². The number of ether oxygens (including phenoxy) is 1. The van der Waals surface area contributed by atoms with E-state index in [1.807, 2.05) is 38.1 Å². The SMILES string of the molecule is CC(C)Oc1cccc(CNc2ccc(F)c(F)c2)c1. The van der Waals surface area contributed by atoms with Crippen molar-refractivity contribution >= 4 is 5.69 Å². The van der Waals surface area contributed by atoms with E-state index >= 15 is 0 Å². The molecular formula is C16H17F2NO. The van der Waals surface area contributed by atoms with E-state index < -0.39 is 11.6 Å². The number of rotatable bonds is 5. The summed E-state index contributed by atoms with van der Waals surface area (Å²) in [6.45, 7) is 4.44. The highest BCUT2D eigenvalue weighted by atomic mass is 19.2. The molecule has 1 N–H and O–H groups in total. The normalized spacial score (nSPS) is 10.7. The first kappa shape index (κ1) is 14.3. The van der Waals surface area contributed by atoms with Crippen molar-refractivity contribution in [2.24, 2.45) is 0 Å².